The van der Waals surface area contributed by atoms with Gasteiger partial charge in [-0.05, 0) is 30.5 Å². The Morgan fingerprint density at radius 1 is 1.32 bits per heavy atom. The van der Waals surface area contributed by atoms with Crippen LogP contribution >= 0.6 is 0 Å². The fourth-order valence-corrected chi connectivity index (χ4v) is 2.65. The van der Waals surface area contributed by atoms with E-state index >= 15 is 0 Å². The fourth-order valence-electron chi connectivity index (χ4n) is 2.65. The molecule has 1 N–H and O–H groups in total. The second-order valence-corrected chi connectivity index (χ2v) is 4.95. The van der Waals surface area contributed by atoms with Gasteiger partial charge in [0, 0.05) is 12.8 Å². The van der Waals surface area contributed by atoms with Crippen LogP contribution in [0.1, 0.15) is 37.4 Å². The minimum atomic E-state index is -1.29. The summed E-state index contributed by atoms with van der Waals surface area (Å²) in [5, 5.41) is 9.81. The molecule has 1 unspecified atom stereocenters. The Kier molecular flexibility index (Phi) is 2.86. The number of esters is 1. The van der Waals surface area contributed by atoms with Gasteiger partial charge in [0.25, 0.3) is 5.79 Å². The maximum atomic E-state index is 11.3. The van der Waals surface area contributed by atoms with Crippen molar-refractivity contribution in [1.29, 1.82) is 0 Å². The highest BCUT2D eigenvalue weighted by molar-refractivity contribution is 5.76. The molecular formula is C14H16O5. The predicted molar refractivity (Wildman–Crippen MR) is 65.9 cm³/mol. The minimum Gasteiger partial charge on any atom is -0.467 e. The molecular weight excluding hydrogens is 248 g/mol. The third kappa shape index (κ3) is 2.04. The molecule has 0 bridgehead atoms. The van der Waals surface area contributed by atoms with Crippen molar-refractivity contribution in [3.05, 3.63) is 23.8 Å². The van der Waals surface area contributed by atoms with Gasteiger partial charge in [0.1, 0.15) is 0 Å². The van der Waals surface area contributed by atoms with Crippen molar-refractivity contribution in [2.75, 3.05) is 7.11 Å². The second-order valence-electron chi connectivity index (χ2n) is 4.95. The summed E-state index contributed by atoms with van der Waals surface area (Å²) in [4.78, 5) is 11.3. The number of carbonyl (C=O) groups excluding carboxylic acids is 1. The summed E-state index contributed by atoms with van der Waals surface area (Å²) in [6.07, 6.45) is 2.63. The van der Waals surface area contributed by atoms with Gasteiger partial charge in [0.05, 0.1) is 7.11 Å². The average molecular weight is 264 g/mol. The molecule has 2 aliphatic rings. The van der Waals surface area contributed by atoms with Crippen LogP contribution in [-0.4, -0.2) is 24.0 Å². The van der Waals surface area contributed by atoms with Crippen molar-refractivity contribution in [2.24, 2.45) is 0 Å². The molecule has 3 rings (SSSR count). The molecule has 1 aromatic rings. The largest absolute Gasteiger partial charge is 0.467 e. The second kappa shape index (κ2) is 4.42. The zero-order valence-corrected chi connectivity index (χ0v) is 10.7. The van der Waals surface area contributed by atoms with E-state index in [0.717, 1.165) is 25.7 Å². The number of hydrogen-bond acceptors (Lipinski definition) is 5. The monoisotopic (exact) mass is 264 g/mol. The Balaban J connectivity index is 1.85. The first-order valence-electron chi connectivity index (χ1n) is 6.41. The van der Waals surface area contributed by atoms with Gasteiger partial charge < -0.3 is 19.3 Å². The standard InChI is InChI=1S/C14H16O5/c1-17-13(16)12(15)9-4-5-10-11(8-9)19-14(18-10)6-2-3-7-14/h4-5,8,12,15H,2-3,6-7H2,1H3. The predicted octanol–water partition coefficient (Wildman–Crippen LogP) is 1.93. The third-order valence-corrected chi connectivity index (χ3v) is 3.67. The molecule has 0 saturated heterocycles. The van der Waals surface area contributed by atoms with E-state index in [2.05, 4.69) is 4.74 Å². The van der Waals surface area contributed by atoms with Gasteiger partial charge in [-0.2, -0.15) is 0 Å². The molecule has 0 radical (unpaired) electrons. The molecule has 1 spiro atoms. The van der Waals surface area contributed by atoms with Crippen molar-refractivity contribution in [3.8, 4) is 11.5 Å². The lowest BCUT2D eigenvalue weighted by atomic mass is 10.1. The van der Waals surface area contributed by atoms with E-state index in [1.807, 2.05) is 0 Å². The maximum Gasteiger partial charge on any atom is 0.339 e. The van der Waals surface area contributed by atoms with Gasteiger partial charge >= 0.3 is 5.97 Å². The van der Waals surface area contributed by atoms with E-state index in [1.54, 1.807) is 18.2 Å². The zero-order chi connectivity index (χ0) is 13.5. The highest BCUT2D eigenvalue weighted by Gasteiger charge is 2.44. The van der Waals surface area contributed by atoms with Crippen LogP contribution in [0.4, 0.5) is 0 Å². The van der Waals surface area contributed by atoms with Crippen LogP contribution in [0.2, 0.25) is 0 Å². The Morgan fingerprint density at radius 3 is 2.68 bits per heavy atom. The normalized spacial score (nSPS) is 20.5. The number of carbonyl (C=O) groups is 1. The number of aliphatic hydroxyl groups is 1. The SMILES string of the molecule is COC(=O)C(O)c1ccc2c(c1)OC1(CCCC1)O2. The molecule has 1 aromatic carbocycles. The number of benzene rings is 1. The number of ether oxygens (including phenoxy) is 3. The van der Waals surface area contributed by atoms with Crippen LogP contribution in [0, 0.1) is 0 Å². The van der Waals surface area contributed by atoms with Crippen molar-refractivity contribution in [2.45, 2.75) is 37.6 Å². The van der Waals surface area contributed by atoms with E-state index in [0.29, 0.717) is 17.1 Å². The van der Waals surface area contributed by atoms with Crippen molar-refractivity contribution in [1.82, 2.24) is 0 Å². The van der Waals surface area contributed by atoms with Crippen LogP contribution in [0.5, 0.6) is 11.5 Å². The molecule has 5 heteroatoms. The molecule has 0 aromatic heterocycles. The molecule has 1 aliphatic heterocycles. The summed E-state index contributed by atoms with van der Waals surface area (Å²) in [5.41, 5.74) is 0.448. The van der Waals surface area contributed by atoms with Crippen LogP contribution < -0.4 is 9.47 Å². The minimum absolute atomic E-state index is 0.448. The molecule has 5 nitrogen and oxygen atoms in total. The van der Waals surface area contributed by atoms with Crippen molar-refractivity contribution >= 4 is 5.97 Å². The zero-order valence-electron chi connectivity index (χ0n) is 10.7. The Labute approximate surface area is 111 Å². The number of aliphatic hydroxyl groups excluding tert-OH is 1. The summed E-state index contributed by atoms with van der Waals surface area (Å²) in [7, 11) is 1.24. The molecule has 1 atom stereocenters. The topological polar surface area (TPSA) is 65.0 Å². The Bertz CT molecular complexity index is 505. The average Bonchev–Trinajstić information content (AvgIpc) is 3.02. The lowest BCUT2D eigenvalue weighted by Crippen LogP contribution is -2.34. The van der Waals surface area contributed by atoms with Crippen molar-refractivity contribution in [3.63, 3.8) is 0 Å². The van der Waals surface area contributed by atoms with E-state index < -0.39 is 17.9 Å². The number of rotatable bonds is 2. The van der Waals surface area contributed by atoms with E-state index in [-0.39, 0.29) is 0 Å². The summed E-state index contributed by atoms with van der Waals surface area (Å²) in [6, 6.07) is 5.02. The van der Waals surface area contributed by atoms with E-state index in [4.69, 9.17) is 9.47 Å². The molecule has 1 heterocycles. The molecule has 102 valence electrons. The summed E-state index contributed by atoms with van der Waals surface area (Å²) < 4.78 is 16.2. The number of methoxy groups -OCH3 is 1. The van der Waals surface area contributed by atoms with Crippen LogP contribution in [0.25, 0.3) is 0 Å². The smallest absolute Gasteiger partial charge is 0.339 e. The van der Waals surface area contributed by atoms with E-state index in [9.17, 15) is 9.90 Å². The van der Waals surface area contributed by atoms with Crippen LogP contribution in [0.3, 0.4) is 0 Å². The lowest BCUT2D eigenvalue weighted by Gasteiger charge is -2.21. The summed E-state index contributed by atoms with van der Waals surface area (Å²) in [6.45, 7) is 0. The number of fused-ring (bicyclic) bond motifs is 1. The molecule has 1 aliphatic carbocycles. The Morgan fingerprint density at radius 2 is 2.00 bits per heavy atom. The number of hydrogen-bond donors (Lipinski definition) is 1. The highest BCUT2D eigenvalue weighted by Crippen LogP contribution is 2.47. The van der Waals surface area contributed by atoms with Gasteiger partial charge in [0.2, 0.25) is 0 Å². The molecule has 1 fully saturated rings. The molecule has 0 amide bonds. The summed E-state index contributed by atoms with van der Waals surface area (Å²) >= 11 is 0. The van der Waals surface area contributed by atoms with Crippen molar-refractivity contribution < 1.29 is 24.1 Å². The van der Waals surface area contributed by atoms with E-state index in [1.165, 1.54) is 7.11 Å². The summed E-state index contributed by atoms with van der Waals surface area (Å²) in [5.74, 6) is 0.0384. The molecule has 19 heavy (non-hydrogen) atoms. The quantitative estimate of drug-likeness (QED) is 0.827. The van der Waals surface area contributed by atoms with Gasteiger partial charge in [-0.3, -0.25) is 0 Å². The Hall–Kier alpha value is -1.75. The van der Waals surface area contributed by atoms with Crippen LogP contribution in [-0.2, 0) is 9.53 Å². The van der Waals surface area contributed by atoms with Gasteiger partial charge in [-0.1, -0.05) is 6.07 Å². The lowest BCUT2D eigenvalue weighted by molar-refractivity contribution is -0.150. The van der Waals surface area contributed by atoms with Gasteiger partial charge in [-0.25, -0.2) is 4.79 Å². The van der Waals surface area contributed by atoms with Gasteiger partial charge in [0.15, 0.2) is 17.6 Å². The first-order chi connectivity index (χ1) is 9.13. The highest BCUT2D eigenvalue weighted by atomic mass is 16.7. The fraction of sp³-hybridized carbons (Fsp3) is 0.500. The first kappa shape index (κ1) is 12.3. The van der Waals surface area contributed by atoms with Crippen LogP contribution in [0.15, 0.2) is 18.2 Å². The maximum absolute atomic E-state index is 11.3. The van der Waals surface area contributed by atoms with Gasteiger partial charge in [-0.15, -0.1) is 0 Å². The first-order valence-corrected chi connectivity index (χ1v) is 6.41. The molecule has 1 saturated carbocycles. The third-order valence-electron chi connectivity index (χ3n) is 3.67.